The van der Waals surface area contributed by atoms with Crippen LogP contribution >= 0.6 is 0 Å². The molecule has 0 nitrogen and oxygen atoms in total. The van der Waals surface area contributed by atoms with E-state index in [1.54, 1.807) is 0 Å². The van der Waals surface area contributed by atoms with Crippen LogP contribution in [0.2, 0.25) is 5.04 Å². The van der Waals surface area contributed by atoms with E-state index in [0.717, 1.165) is 17.8 Å². The van der Waals surface area contributed by atoms with Gasteiger partial charge in [-0.05, 0) is 22.8 Å². The molecule has 0 bridgehead atoms. The Morgan fingerprint density at radius 3 is 1.45 bits per heavy atom. The van der Waals surface area contributed by atoms with Crippen LogP contribution in [0.15, 0.2) is 0 Å². The van der Waals surface area contributed by atoms with Crippen LogP contribution < -0.4 is 0 Å². The molecule has 11 heavy (non-hydrogen) atoms. The van der Waals surface area contributed by atoms with Crippen molar-refractivity contribution in [1.82, 2.24) is 0 Å². The maximum Gasteiger partial charge on any atom is 0.0110 e. The molecule has 0 aromatic carbocycles. The fraction of sp³-hybridized carbons (Fsp3) is 1.00. The smallest absolute Gasteiger partial charge is 0.0110 e. The molecule has 0 radical (unpaired) electrons. The zero-order valence-electron chi connectivity index (χ0n) is 9.23. The quantitative estimate of drug-likeness (QED) is 0.574. The second kappa shape index (κ2) is 3.75. The maximum absolute atomic E-state index is 2.44. The summed E-state index contributed by atoms with van der Waals surface area (Å²) >= 11 is 0. The monoisotopic (exact) mass is 172 g/mol. The second-order valence-electron chi connectivity index (χ2n) is 5.01. The van der Waals surface area contributed by atoms with E-state index in [-0.39, 0.29) is 0 Å². The van der Waals surface area contributed by atoms with Crippen molar-refractivity contribution in [3.63, 3.8) is 0 Å². The van der Waals surface area contributed by atoms with Crippen molar-refractivity contribution in [3.8, 4) is 0 Å². The van der Waals surface area contributed by atoms with Gasteiger partial charge in [0.25, 0.3) is 0 Å². The Bertz CT molecular complexity index is 114. The Kier molecular flexibility index (Phi) is 3.82. The highest BCUT2D eigenvalue weighted by Gasteiger charge is 2.30. The first kappa shape index (κ1) is 11.2. The summed E-state index contributed by atoms with van der Waals surface area (Å²) in [5, 5.41) is 0.619. The van der Waals surface area contributed by atoms with Crippen molar-refractivity contribution >= 4 is 10.2 Å². The summed E-state index contributed by atoms with van der Waals surface area (Å²) < 4.78 is 0. The molecule has 0 aromatic rings. The lowest BCUT2D eigenvalue weighted by molar-refractivity contribution is 0.254. The summed E-state index contributed by atoms with van der Waals surface area (Å²) in [6.07, 6.45) is 0. The summed E-state index contributed by atoms with van der Waals surface area (Å²) in [4.78, 5) is 0. The van der Waals surface area contributed by atoms with E-state index in [4.69, 9.17) is 0 Å². The van der Waals surface area contributed by atoms with Gasteiger partial charge in [-0.25, -0.2) is 0 Å². The SMILES string of the molecule is CC(C)C(C)C(C)([SiH3])C(C)C. The molecule has 0 aliphatic heterocycles. The van der Waals surface area contributed by atoms with E-state index >= 15 is 0 Å². The van der Waals surface area contributed by atoms with Gasteiger partial charge in [0.1, 0.15) is 0 Å². The second-order valence-corrected chi connectivity index (χ2v) is 7.16. The van der Waals surface area contributed by atoms with E-state index in [1.165, 1.54) is 10.2 Å². The van der Waals surface area contributed by atoms with Crippen LogP contribution in [0.4, 0.5) is 0 Å². The molecule has 0 aliphatic carbocycles. The predicted molar refractivity (Wildman–Crippen MR) is 57.1 cm³/mol. The first-order valence-corrected chi connectivity index (χ1v) is 5.80. The molecule has 0 rings (SSSR count). The highest BCUT2D eigenvalue weighted by molar-refractivity contribution is 6.15. The zero-order chi connectivity index (χ0) is 9.23. The van der Waals surface area contributed by atoms with Crippen molar-refractivity contribution in [2.24, 2.45) is 17.8 Å². The van der Waals surface area contributed by atoms with Crippen LogP contribution in [0.25, 0.3) is 0 Å². The summed E-state index contributed by atoms with van der Waals surface area (Å²) in [6, 6.07) is 0. The molecular formula is C10H24Si. The number of rotatable bonds is 3. The van der Waals surface area contributed by atoms with Gasteiger partial charge in [0.15, 0.2) is 0 Å². The van der Waals surface area contributed by atoms with E-state index in [2.05, 4.69) is 41.5 Å². The first-order chi connectivity index (χ1) is 4.80. The lowest BCUT2D eigenvalue weighted by Crippen LogP contribution is -2.27. The van der Waals surface area contributed by atoms with Gasteiger partial charge in [-0.15, -0.1) is 0 Å². The Labute approximate surface area is 75.2 Å². The lowest BCUT2D eigenvalue weighted by Gasteiger charge is -2.38. The fourth-order valence-electron chi connectivity index (χ4n) is 1.38. The summed E-state index contributed by atoms with van der Waals surface area (Å²) in [5.74, 6) is 2.54. The standard InChI is InChI=1S/C10H24Si/c1-7(2)9(5)10(6,11)8(3)4/h7-9H,1-6,11H3. The first-order valence-electron chi connectivity index (χ1n) is 4.80. The average Bonchev–Trinajstić information content (AvgIpc) is 1.85. The van der Waals surface area contributed by atoms with Gasteiger partial charge in [0, 0.05) is 10.2 Å². The molecule has 0 heterocycles. The number of hydrogen-bond acceptors (Lipinski definition) is 0. The molecular weight excluding hydrogens is 148 g/mol. The minimum absolute atomic E-state index is 0.619. The van der Waals surface area contributed by atoms with E-state index in [0.29, 0.717) is 5.04 Å². The molecule has 1 heteroatoms. The minimum atomic E-state index is 0.619. The van der Waals surface area contributed by atoms with Gasteiger partial charge < -0.3 is 0 Å². The largest absolute Gasteiger partial charge is 0.0626 e. The molecule has 0 aromatic heterocycles. The third-order valence-electron chi connectivity index (χ3n) is 3.66. The van der Waals surface area contributed by atoms with Crippen LogP contribution in [0.3, 0.4) is 0 Å². The average molecular weight is 172 g/mol. The van der Waals surface area contributed by atoms with Crippen LogP contribution in [-0.4, -0.2) is 10.2 Å². The van der Waals surface area contributed by atoms with Gasteiger partial charge in [0.05, 0.1) is 0 Å². The third-order valence-corrected chi connectivity index (χ3v) is 5.73. The Morgan fingerprint density at radius 2 is 1.36 bits per heavy atom. The summed E-state index contributed by atoms with van der Waals surface area (Å²) in [6.45, 7) is 14.2. The highest BCUT2D eigenvalue weighted by Crippen LogP contribution is 2.42. The Balaban J connectivity index is 4.29. The Hall–Kier alpha value is 0.217. The normalized spacial score (nSPS) is 20.7. The van der Waals surface area contributed by atoms with Gasteiger partial charge in [-0.1, -0.05) is 41.5 Å². The van der Waals surface area contributed by atoms with Gasteiger partial charge in [-0.3, -0.25) is 0 Å². The molecule has 0 N–H and O–H groups in total. The molecule has 0 aliphatic rings. The Morgan fingerprint density at radius 1 is 1.00 bits per heavy atom. The van der Waals surface area contributed by atoms with Crippen LogP contribution in [-0.2, 0) is 0 Å². The summed E-state index contributed by atoms with van der Waals surface area (Å²) in [5.41, 5.74) is 0. The molecule has 0 saturated heterocycles. The number of hydrogen-bond donors (Lipinski definition) is 0. The van der Waals surface area contributed by atoms with Crippen LogP contribution in [0.5, 0.6) is 0 Å². The van der Waals surface area contributed by atoms with Gasteiger partial charge in [-0.2, -0.15) is 0 Å². The van der Waals surface area contributed by atoms with Crippen LogP contribution in [0, 0.1) is 17.8 Å². The third kappa shape index (κ3) is 2.62. The molecule has 0 amide bonds. The van der Waals surface area contributed by atoms with Crippen molar-refractivity contribution < 1.29 is 0 Å². The lowest BCUT2D eigenvalue weighted by atomic mass is 9.78. The fourth-order valence-corrected chi connectivity index (χ4v) is 2.05. The van der Waals surface area contributed by atoms with Crippen molar-refractivity contribution in [2.45, 2.75) is 46.6 Å². The topological polar surface area (TPSA) is 0 Å². The van der Waals surface area contributed by atoms with Gasteiger partial charge >= 0.3 is 0 Å². The van der Waals surface area contributed by atoms with Crippen molar-refractivity contribution in [3.05, 3.63) is 0 Å². The maximum atomic E-state index is 2.44. The van der Waals surface area contributed by atoms with Gasteiger partial charge in [0.2, 0.25) is 0 Å². The van der Waals surface area contributed by atoms with E-state index in [9.17, 15) is 0 Å². The molecule has 2 atom stereocenters. The zero-order valence-corrected chi connectivity index (χ0v) is 11.2. The molecule has 0 fully saturated rings. The molecule has 0 spiro atoms. The predicted octanol–water partition coefficient (Wildman–Crippen LogP) is 2.48. The van der Waals surface area contributed by atoms with Crippen LogP contribution in [0.1, 0.15) is 41.5 Å². The highest BCUT2D eigenvalue weighted by atomic mass is 28.1. The van der Waals surface area contributed by atoms with Crippen molar-refractivity contribution in [2.75, 3.05) is 0 Å². The van der Waals surface area contributed by atoms with E-state index < -0.39 is 0 Å². The molecule has 2 unspecified atom stereocenters. The minimum Gasteiger partial charge on any atom is -0.0626 e. The molecule has 68 valence electrons. The van der Waals surface area contributed by atoms with E-state index in [1.807, 2.05) is 0 Å². The molecule has 0 saturated carbocycles. The van der Waals surface area contributed by atoms with Crippen molar-refractivity contribution in [1.29, 1.82) is 0 Å². The summed E-state index contributed by atoms with van der Waals surface area (Å²) in [7, 11) is 1.31.